The van der Waals surface area contributed by atoms with E-state index in [-0.39, 0.29) is 6.04 Å². The lowest BCUT2D eigenvalue weighted by molar-refractivity contribution is 0.262. The number of pyridine rings is 1. The van der Waals surface area contributed by atoms with Gasteiger partial charge in [-0.2, -0.15) is 0 Å². The van der Waals surface area contributed by atoms with E-state index in [1.54, 1.807) is 19.5 Å². The van der Waals surface area contributed by atoms with Crippen molar-refractivity contribution in [2.24, 2.45) is 10.7 Å². The highest BCUT2D eigenvalue weighted by molar-refractivity contribution is 5.78. The minimum Gasteiger partial charge on any atom is -0.496 e. The van der Waals surface area contributed by atoms with Crippen molar-refractivity contribution >= 4 is 5.96 Å². The predicted octanol–water partition coefficient (Wildman–Crippen LogP) is 2.02. The third kappa shape index (κ3) is 3.53. The summed E-state index contributed by atoms with van der Waals surface area (Å²) in [6, 6.07) is 9.90. The van der Waals surface area contributed by atoms with Gasteiger partial charge in [-0.15, -0.1) is 0 Å². The summed E-state index contributed by atoms with van der Waals surface area (Å²) in [5.41, 5.74) is 8.04. The average molecular weight is 312 g/mol. The molecule has 3 rings (SSSR count). The highest BCUT2D eigenvalue weighted by Gasteiger charge is 2.21. The summed E-state index contributed by atoms with van der Waals surface area (Å²) < 4.78 is 10.9. The van der Waals surface area contributed by atoms with E-state index in [0.29, 0.717) is 19.1 Å². The first kappa shape index (κ1) is 15.1. The minimum atomic E-state index is 0.111. The number of benzene rings is 1. The smallest absolute Gasteiger partial charge is 0.189 e. The number of hydrogen-bond acceptors (Lipinski definition) is 4. The molecule has 0 aliphatic carbocycles. The van der Waals surface area contributed by atoms with Crippen molar-refractivity contribution in [2.45, 2.75) is 19.0 Å². The van der Waals surface area contributed by atoms with Crippen molar-refractivity contribution in [3.8, 4) is 11.5 Å². The van der Waals surface area contributed by atoms with E-state index in [1.807, 2.05) is 30.3 Å². The van der Waals surface area contributed by atoms with Crippen molar-refractivity contribution < 1.29 is 9.47 Å². The third-order valence-electron chi connectivity index (χ3n) is 3.78. The van der Waals surface area contributed by atoms with Gasteiger partial charge in [-0.3, -0.25) is 4.98 Å². The molecule has 3 N–H and O–H groups in total. The summed E-state index contributed by atoms with van der Waals surface area (Å²) in [4.78, 5) is 8.48. The number of hydrogen-bond donors (Lipinski definition) is 2. The number of rotatable bonds is 4. The Morgan fingerprint density at radius 1 is 1.43 bits per heavy atom. The normalized spacial score (nSPS) is 17.1. The van der Waals surface area contributed by atoms with Crippen molar-refractivity contribution in [3.05, 3.63) is 53.9 Å². The Kier molecular flexibility index (Phi) is 4.61. The number of ether oxygens (including phenoxy) is 2. The molecule has 0 bridgehead atoms. The van der Waals surface area contributed by atoms with E-state index >= 15 is 0 Å². The van der Waals surface area contributed by atoms with Gasteiger partial charge in [0.1, 0.15) is 11.5 Å². The highest BCUT2D eigenvalue weighted by Crippen LogP contribution is 2.31. The Labute approximate surface area is 135 Å². The standard InChI is InChI=1S/C17H20N4O2/c1-22-15-6-8-19-10-12(15)11-20-17(18)21-14-7-9-23-16-5-3-2-4-13(14)16/h2-6,8,10,14H,7,9,11H2,1H3,(H3,18,20,21). The van der Waals surface area contributed by atoms with Crippen molar-refractivity contribution in [1.29, 1.82) is 0 Å². The molecule has 0 fully saturated rings. The molecule has 1 aromatic heterocycles. The fourth-order valence-corrected chi connectivity index (χ4v) is 2.62. The van der Waals surface area contributed by atoms with Crippen LogP contribution in [-0.4, -0.2) is 24.7 Å². The molecule has 1 aromatic carbocycles. The fourth-order valence-electron chi connectivity index (χ4n) is 2.62. The quantitative estimate of drug-likeness (QED) is 0.667. The molecular formula is C17H20N4O2. The van der Waals surface area contributed by atoms with Crippen LogP contribution in [0.1, 0.15) is 23.6 Å². The van der Waals surface area contributed by atoms with E-state index < -0.39 is 0 Å². The van der Waals surface area contributed by atoms with E-state index in [0.717, 1.165) is 29.0 Å². The van der Waals surface area contributed by atoms with Gasteiger partial charge in [0.2, 0.25) is 0 Å². The van der Waals surface area contributed by atoms with Gasteiger partial charge in [0.25, 0.3) is 0 Å². The van der Waals surface area contributed by atoms with Crippen LogP contribution in [0.4, 0.5) is 0 Å². The molecule has 120 valence electrons. The Hall–Kier alpha value is -2.76. The number of para-hydroxylation sites is 1. The number of aromatic nitrogens is 1. The third-order valence-corrected chi connectivity index (χ3v) is 3.78. The van der Waals surface area contributed by atoms with Crippen LogP contribution in [0.5, 0.6) is 11.5 Å². The number of fused-ring (bicyclic) bond motifs is 1. The van der Waals surface area contributed by atoms with Crippen LogP contribution in [0.25, 0.3) is 0 Å². The van der Waals surface area contributed by atoms with Crippen LogP contribution >= 0.6 is 0 Å². The second-order valence-corrected chi connectivity index (χ2v) is 5.26. The molecule has 6 nitrogen and oxygen atoms in total. The zero-order chi connectivity index (χ0) is 16.1. The number of nitrogens with two attached hydrogens (primary N) is 1. The number of guanidine groups is 1. The van der Waals surface area contributed by atoms with Gasteiger partial charge in [-0.05, 0) is 12.1 Å². The monoisotopic (exact) mass is 312 g/mol. The van der Waals surface area contributed by atoms with Crippen LogP contribution < -0.4 is 20.5 Å². The van der Waals surface area contributed by atoms with Gasteiger partial charge in [0.05, 0.1) is 26.3 Å². The maximum absolute atomic E-state index is 6.04. The Bertz CT molecular complexity index is 702. The van der Waals surface area contributed by atoms with Crippen molar-refractivity contribution in [1.82, 2.24) is 10.3 Å². The molecule has 1 aliphatic rings. The van der Waals surface area contributed by atoms with Crippen LogP contribution in [0.15, 0.2) is 47.7 Å². The second-order valence-electron chi connectivity index (χ2n) is 5.26. The highest BCUT2D eigenvalue weighted by atomic mass is 16.5. The summed E-state index contributed by atoms with van der Waals surface area (Å²) in [6.45, 7) is 1.08. The molecule has 1 aliphatic heterocycles. The van der Waals surface area contributed by atoms with E-state index in [2.05, 4.69) is 15.3 Å². The number of nitrogens with zero attached hydrogens (tertiary/aromatic N) is 2. The molecule has 2 heterocycles. The van der Waals surface area contributed by atoms with Crippen molar-refractivity contribution in [2.75, 3.05) is 13.7 Å². The van der Waals surface area contributed by atoms with Crippen LogP contribution in [0.3, 0.4) is 0 Å². The number of aliphatic imine (C=N–C) groups is 1. The minimum absolute atomic E-state index is 0.111. The summed E-state index contributed by atoms with van der Waals surface area (Å²) in [7, 11) is 1.63. The van der Waals surface area contributed by atoms with Gasteiger partial charge in [0, 0.05) is 29.9 Å². The van der Waals surface area contributed by atoms with E-state index in [4.69, 9.17) is 15.2 Å². The van der Waals surface area contributed by atoms with Crippen LogP contribution in [0, 0.1) is 0 Å². The van der Waals surface area contributed by atoms with Crippen molar-refractivity contribution in [3.63, 3.8) is 0 Å². The maximum Gasteiger partial charge on any atom is 0.189 e. The first-order valence-electron chi connectivity index (χ1n) is 7.53. The molecule has 0 radical (unpaired) electrons. The van der Waals surface area contributed by atoms with Gasteiger partial charge in [-0.1, -0.05) is 18.2 Å². The lowest BCUT2D eigenvalue weighted by Crippen LogP contribution is -2.37. The average Bonchev–Trinajstić information content (AvgIpc) is 2.60. The summed E-state index contributed by atoms with van der Waals surface area (Å²) in [5, 5.41) is 3.27. The van der Waals surface area contributed by atoms with E-state index in [1.165, 1.54) is 0 Å². The predicted molar refractivity (Wildman–Crippen MR) is 88.5 cm³/mol. The largest absolute Gasteiger partial charge is 0.496 e. The molecule has 0 amide bonds. The summed E-state index contributed by atoms with van der Waals surface area (Å²) in [5.74, 6) is 2.06. The van der Waals surface area contributed by atoms with Gasteiger partial charge in [-0.25, -0.2) is 4.99 Å². The van der Waals surface area contributed by atoms with Gasteiger partial charge >= 0.3 is 0 Å². The van der Waals surface area contributed by atoms with E-state index in [9.17, 15) is 0 Å². The molecule has 6 heteroatoms. The Morgan fingerprint density at radius 3 is 3.17 bits per heavy atom. The number of methoxy groups -OCH3 is 1. The number of nitrogens with one attached hydrogen (secondary N) is 1. The molecular weight excluding hydrogens is 292 g/mol. The Morgan fingerprint density at radius 2 is 2.30 bits per heavy atom. The summed E-state index contributed by atoms with van der Waals surface area (Å²) in [6.07, 6.45) is 4.27. The zero-order valence-electron chi connectivity index (χ0n) is 13.0. The maximum atomic E-state index is 6.04. The molecule has 1 unspecified atom stereocenters. The molecule has 23 heavy (non-hydrogen) atoms. The van der Waals surface area contributed by atoms with Gasteiger partial charge < -0.3 is 20.5 Å². The Balaban J connectivity index is 1.69. The SMILES string of the molecule is COc1ccncc1CN=C(N)NC1CCOc2ccccc21. The van der Waals surface area contributed by atoms with Crippen LogP contribution in [-0.2, 0) is 6.54 Å². The van der Waals surface area contributed by atoms with Crippen LogP contribution in [0.2, 0.25) is 0 Å². The first-order chi connectivity index (χ1) is 11.3. The lowest BCUT2D eigenvalue weighted by Gasteiger charge is -2.26. The molecule has 0 saturated heterocycles. The zero-order valence-corrected chi connectivity index (χ0v) is 13.0. The first-order valence-corrected chi connectivity index (χ1v) is 7.53. The molecule has 2 aromatic rings. The molecule has 0 spiro atoms. The topological polar surface area (TPSA) is 81.8 Å². The molecule has 1 atom stereocenters. The second kappa shape index (κ2) is 7.00. The molecule has 0 saturated carbocycles. The fraction of sp³-hybridized carbons (Fsp3) is 0.294. The summed E-state index contributed by atoms with van der Waals surface area (Å²) >= 11 is 0. The lowest BCUT2D eigenvalue weighted by atomic mass is 10.0. The van der Waals surface area contributed by atoms with Gasteiger partial charge in [0.15, 0.2) is 5.96 Å².